The molecule has 5 nitrogen and oxygen atoms in total. The number of carbonyl (C=O) groups excluding carboxylic acids is 1. The van der Waals surface area contributed by atoms with Gasteiger partial charge in [0.05, 0.1) is 6.61 Å². The molecule has 1 aliphatic rings. The summed E-state index contributed by atoms with van der Waals surface area (Å²) in [7, 11) is 1.36. The first-order valence-electron chi connectivity index (χ1n) is 6.12. The van der Waals surface area contributed by atoms with Crippen LogP contribution < -0.4 is 5.32 Å². The molecule has 10 heteroatoms. The molecule has 0 aromatic rings. The van der Waals surface area contributed by atoms with Gasteiger partial charge in [-0.15, -0.1) is 0 Å². The molecule has 2 atom stereocenters. The van der Waals surface area contributed by atoms with Crippen molar-refractivity contribution in [2.75, 3.05) is 20.3 Å². The lowest BCUT2D eigenvalue weighted by Crippen LogP contribution is -2.35. The fourth-order valence-corrected chi connectivity index (χ4v) is 1.65. The Balaban J connectivity index is 2.22. The number of ether oxygens (including phenoxy) is 3. The monoisotopic (exact) mass is 321 g/mol. The molecule has 2 unspecified atom stereocenters. The van der Waals surface area contributed by atoms with E-state index in [1.807, 2.05) is 0 Å². The van der Waals surface area contributed by atoms with Gasteiger partial charge < -0.3 is 19.5 Å². The molecular weight excluding hydrogens is 305 g/mol. The maximum Gasteiger partial charge on any atom is 0.394 e. The highest BCUT2D eigenvalue weighted by atomic mass is 19.4. The summed E-state index contributed by atoms with van der Waals surface area (Å²) in [6.07, 6.45) is -9.56. The lowest BCUT2D eigenvalue weighted by molar-refractivity contribution is -0.222. The average Bonchev–Trinajstić information content (AvgIpc) is 2.79. The van der Waals surface area contributed by atoms with Gasteiger partial charge in [-0.3, -0.25) is 4.79 Å². The van der Waals surface area contributed by atoms with E-state index in [4.69, 9.17) is 14.2 Å². The van der Waals surface area contributed by atoms with E-state index in [9.17, 15) is 26.7 Å². The number of alkyl halides is 5. The van der Waals surface area contributed by atoms with Crippen LogP contribution >= 0.6 is 0 Å². The van der Waals surface area contributed by atoms with Crippen LogP contribution in [0, 0.1) is 0 Å². The summed E-state index contributed by atoms with van der Waals surface area (Å²) < 4.78 is 76.4. The molecule has 1 rings (SSSR count). The van der Waals surface area contributed by atoms with Gasteiger partial charge in [0.1, 0.15) is 12.5 Å². The van der Waals surface area contributed by atoms with Crippen LogP contribution in [0.4, 0.5) is 22.0 Å². The predicted molar refractivity (Wildman–Crippen MR) is 59.5 cm³/mol. The minimum absolute atomic E-state index is 0.00351. The Kier molecular flexibility index (Phi) is 6.29. The fraction of sp³-hybridized carbons (Fsp3) is 0.909. The zero-order valence-corrected chi connectivity index (χ0v) is 11.2. The molecular formula is C11H16F5NO4. The van der Waals surface area contributed by atoms with Crippen LogP contribution in [-0.2, 0) is 19.0 Å². The van der Waals surface area contributed by atoms with Crippen LogP contribution in [0.25, 0.3) is 0 Å². The molecule has 0 spiro atoms. The van der Waals surface area contributed by atoms with Crippen molar-refractivity contribution in [2.45, 2.75) is 43.9 Å². The lowest BCUT2D eigenvalue weighted by Gasteiger charge is -2.18. The average molecular weight is 321 g/mol. The molecule has 1 N–H and O–H groups in total. The van der Waals surface area contributed by atoms with Crippen LogP contribution in [0.5, 0.6) is 0 Å². The molecule has 1 heterocycles. The van der Waals surface area contributed by atoms with Crippen LogP contribution in [0.3, 0.4) is 0 Å². The van der Waals surface area contributed by atoms with E-state index in [0.717, 1.165) is 0 Å². The van der Waals surface area contributed by atoms with Crippen LogP contribution in [0.15, 0.2) is 0 Å². The first kappa shape index (κ1) is 18.1. The second-order valence-corrected chi connectivity index (χ2v) is 4.57. The quantitative estimate of drug-likeness (QED) is 0.727. The first-order chi connectivity index (χ1) is 9.61. The SMILES string of the molecule is COC1OCC(CNC(=O)CCC(F)(F)CC(F)(F)F)O1. The molecule has 1 saturated heterocycles. The van der Waals surface area contributed by atoms with Gasteiger partial charge in [0.2, 0.25) is 5.91 Å². The van der Waals surface area contributed by atoms with Crippen molar-refractivity contribution >= 4 is 5.91 Å². The molecule has 0 aromatic carbocycles. The molecule has 0 aliphatic carbocycles. The van der Waals surface area contributed by atoms with Gasteiger partial charge in [-0.2, -0.15) is 13.2 Å². The number of hydrogen-bond acceptors (Lipinski definition) is 4. The molecule has 21 heavy (non-hydrogen) atoms. The van der Waals surface area contributed by atoms with Gasteiger partial charge in [-0.1, -0.05) is 0 Å². The molecule has 124 valence electrons. The summed E-state index contributed by atoms with van der Waals surface area (Å²) in [5.74, 6) is -4.73. The van der Waals surface area contributed by atoms with E-state index >= 15 is 0 Å². The topological polar surface area (TPSA) is 56.8 Å². The molecule has 0 saturated carbocycles. The molecule has 1 aliphatic heterocycles. The predicted octanol–water partition coefficient (Wildman–Crippen LogP) is 1.82. The number of hydrogen-bond donors (Lipinski definition) is 1. The molecule has 1 amide bonds. The molecule has 1 fully saturated rings. The van der Waals surface area contributed by atoms with E-state index in [-0.39, 0.29) is 13.2 Å². The van der Waals surface area contributed by atoms with Gasteiger partial charge in [0, 0.05) is 26.5 Å². The Morgan fingerprint density at radius 1 is 1.33 bits per heavy atom. The number of carbonyl (C=O) groups is 1. The third-order valence-corrected chi connectivity index (χ3v) is 2.62. The van der Waals surface area contributed by atoms with Crippen molar-refractivity contribution in [3.05, 3.63) is 0 Å². The highest BCUT2D eigenvalue weighted by molar-refractivity contribution is 5.75. The van der Waals surface area contributed by atoms with E-state index in [1.54, 1.807) is 0 Å². The summed E-state index contributed by atoms with van der Waals surface area (Å²) in [6.45, 7) is -0.685. The third kappa shape index (κ3) is 7.53. The zero-order chi connectivity index (χ0) is 16.1. The van der Waals surface area contributed by atoms with Gasteiger partial charge >= 0.3 is 6.18 Å². The van der Waals surface area contributed by atoms with Crippen LogP contribution in [0.2, 0.25) is 0 Å². The van der Waals surface area contributed by atoms with Crippen molar-refractivity contribution in [3.63, 3.8) is 0 Å². The van der Waals surface area contributed by atoms with E-state index in [1.165, 1.54) is 7.11 Å². The minimum atomic E-state index is -4.97. The van der Waals surface area contributed by atoms with Gasteiger partial charge in [0.15, 0.2) is 0 Å². The zero-order valence-electron chi connectivity index (χ0n) is 11.2. The number of nitrogens with one attached hydrogen (secondary N) is 1. The summed E-state index contributed by atoms with van der Waals surface area (Å²) in [5, 5.41) is 2.29. The first-order valence-corrected chi connectivity index (χ1v) is 6.12. The summed E-state index contributed by atoms with van der Waals surface area (Å²) in [6, 6.07) is 0. The second-order valence-electron chi connectivity index (χ2n) is 4.57. The highest BCUT2D eigenvalue weighted by Gasteiger charge is 2.43. The van der Waals surface area contributed by atoms with E-state index < -0.39 is 49.8 Å². The Morgan fingerprint density at radius 2 is 2.00 bits per heavy atom. The summed E-state index contributed by atoms with van der Waals surface area (Å²) >= 11 is 0. The Labute approximate surface area is 117 Å². The second kappa shape index (κ2) is 7.32. The fourth-order valence-electron chi connectivity index (χ4n) is 1.65. The van der Waals surface area contributed by atoms with Crippen molar-refractivity contribution in [1.82, 2.24) is 5.32 Å². The van der Waals surface area contributed by atoms with Gasteiger partial charge in [-0.25, -0.2) is 8.78 Å². The summed E-state index contributed by atoms with van der Waals surface area (Å²) in [4.78, 5) is 11.3. The number of methoxy groups -OCH3 is 1. The highest BCUT2D eigenvalue weighted by Crippen LogP contribution is 2.34. The van der Waals surface area contributed by atoms with Crippen molar-refractivity contribution in [2.24, 2.45) is 0 Å². The molecule has 0 aromatic heterocycles. The number of rotatable bonds is 7. The van der Waals surface area contributed by atoms with Crippen molar-refractivity contribution in [3.8, 4) is 0 Å². The van der Waals surface area contributed by atoms with Crippen LogP contribution in [0.1, 0.15) is 19.3 Å². The summed E-state index contributed by atoms with van der Waals surface area (Å²) in [5.41, 5.74) is 0. The van der Waals surface area contributed by atoms with Crippen molar-refractivity contribution < 1.29 is 41.0 Å². The van der Waals surface area contributed by atoms with Gasteiger partial charge in [0.25, 0.3) is 12.4 Å². The minimum Gasteiger partial charge on any atom is -0.353 e. The Hall–Kier alpha value is -1.00. The van der Waals surface area contributed by atoms with E-state index in [0.29, 0.717) is 0 Å². The van der Waals surface area contributed by atoms with E-state index in [2.05, 4.69) is 5.32 Å². The van der Waals surface area contributed by atoms with Crippen LogP contribution in [-0.4, -0.2) is 50.8 Å². The molecule has 0 bridgehead atoms. The Bertz CT molecular complexity index is 350. The third-order valence-electron chi connectivity index (χ3n) is 2.62. The molecule has 0 radical (unpaired) electrons. The normalized spacial score (nSPS) is 23.3. The maximum atomic E-state index is 13.0. The largest absolute Gasteiger partial charge is 0.394 e. The number of amides is 1. The smallest absolute Gasteiger partial charge is 0.353 e. The Morgan fingerprint density at radius 3 is 2.52 bits per heavy atom. The van der Waals surface area contributed by atoms with Crippen molar-refractivity contribution in [1.29, 1.82) is 0 Å². The van der Waals surface area contributed by atoms with Gasteiger partial charge in [-0.05, 0) is 0 Å². The maximum absolute atomic E-state index is 13.0. The number of halogens is 5. The standard InChI is InChI=1S/C11H16F5NO4/c1-19-9-20-5-7(21-9)4-17-8(18)2-3-10(12,13)6-11(14,15)16/h7,9H,2-6H2,1H3,(H,17,18). The lowest BCUT2D eigenvalue weighted by atomic mass is 10.1.